The highest BCUT2D eigenvalue weighted by Gasteiger charge is 2.52. The zero-order valence-corrected chi connectivity index (χ0v) is 10.1. The molecule has 0 aromatic carbocycles. The average Bonchev–Trinajstić information content (AvgIpc) is 2.82. The number of nitrogens with one attached hydrogen (secondary N) is 1. The van der Waals surface area contributed by atoms with E-state index in [4.69, 9.17) is 0 Å². The van der Waals surface area contributed by atoms with Crippen LogP contribution in [-0.2, 0) is 9.59 Å². The number of hydrogen-bond acceptors (Lipinski definition) is 3. The second-order valence-corrected chi connectivity index (χ2v) is 4.90. The maximum atomic E-state index is 12.2. The number of hydrogen-bond donors (Lipinski definition) is 1. The molecule has 1 aliphatic carbocycles. The summed E-state index contributed by atoms with van der Waals surface area (Å²) in [5.41, 5.74) is -0.691. The Labute approximate surface area is 101 Å². The fourth-order valence-corrected chi connectivity index (χ4v) is 2.67. The van der Waals surface area contributed by atoms with Crippen molar-refractivity contribution in [3.05, 3.63) is 0 Å². The van der Waals surface area contributed by atoms with Gasteiger partial charge in [0.25, 0.3) is 5.91 Å². The summed E-state index contributed by atoms with van der Waals surface area (Å²) < 4.78 is 0. The molecular formula is C12H18N2O3. The standard InChI is InChI=1S/C12H18N2O3/c1-2-5-9(15)8-14-10(16)12(13-11(14)17)6-3-4-7-12/h2-8H2,1H3,(H,13,17). The molecule has 94 valence electrons. The van der Waals surface area contributed by atoms with Crippen LogP contribution in [0.5, 0.6) is 0 Å². The van der Waals surface area contributed by atoms with E-state index in [1.807, 2.05) is 6.92 Å². The third-order valence-electron chi connectivity index (χ3n) is 3.57. The molecule has 0 bridgehead atoms. The summed E-state index contributed by atoms with van der Waals surface area (Å²) >= 11 is 0. The lowest BCUT2D eigenvalue weighted by Gasteiger charge is -2.19. The Morgan fingerprint density at radius 1 is 1.35 bits per heavy atom. The van der Waals surface area contributed by atoms with Gasteiger partial charge in [-0.25, -0.2) is 4.79 Å². The summed E-state index contributed by atoms with van der Waals surface area (Å²) in [5, 5.41) is 2.76. The molecule has 0 aromatic rings. The van der Waals surface area contributed by atoms with E-state index in [-0.39, 0.29) is 18.2 Å². The molecule has 3 amide bonds. The fraction of sp³-hybridized carbons (Fsp3) is 0.750. The molecule has 1 spiro atoms. The molecule has 2 fully saturated rings. The minimum Gasteiger partial charge on any atom is -0.323 e. The lowest BCUT2D eigenvalue weighted by molar-refractivity contribution is -0.134. The zero-order chi connectivity index (χ0) is 12.5. The van der Waals surface area contributed by atoms with E-state index in [0.29, 0.717) is 19.3 Å². The normalized spacial score (nSPS) is 22.3. The lowest BCUT2D eigenvalue weighted by Crippen LogP contribution is -2.44. The van der Waals surface area contributed by atoms with Gasteiger partial charge in [0.1, 0.15) is 5.54 Å². The van der Waals surface area contributed by atoms with E-state index < -0.39 is 11.6 Å². The summed E-state index contributed by atoms with van der Waals surface area (Å²) in [6.45, 7) is 1.84. The van der Waals surface area contributed by atoms with Crippen LogP contribution in [0.15, 0.2) is 0 Å². The average molecular weight is 238 g/mol. The molecule has 0 aromatic heterocycles. The predicted octanol–water partition coefficient (Wildman–Crippen LogP) is 1.22. The molecule has 5 nitrogen and oxygen atoms in total. The summed E-state index contributed by atoms with van der Waals surface area (Å²) in [4.78, 5) is 36.5. The smallest absolute Gasteiger partial charge is 0.323 e. The first-order chi connectivity index (χ1) is 8.09. The molecule has 1 saturated carbocycles. The van der Waals surface area contributed by atoms with Gasteiger partial charge in [-0.15, -0.1) is 0 Å². The van der Waals surface area contributed by atoms with Crippen LogP contribution >= 0.6 is 0 Å². The molecule has 0 radical (unpaired) electrons. The van der Waals surface area contributed by atoms with E-state index in [9.17, 15) is 14.4 Å². The largest absolute Gasteiger partial charge is 0.325 e. The van der Waals surface area contributed by atoms with E-state index in [2.05, 4.69) is 5.32 Å². The minimum absolute atomic E-state index is 0.0500. The van der Waals surface area contributed by atoms with Gasteiger partial charge in [0.15, 0.2) is 5.78 Å². The SMILES string of the molecule is CCCC(=O)CN1C(=O)NC2(CCCC2)C1=O. The number of carbonyl (C=O) groups excluding carboxylic acids is 3. The Kier molecular flexibility index (Phi) is 3.17. The molecule has 1 N–H and O–H groups in total. The third-order valence-corrected chi connectivity index (χ3v) is 3.57. The molecule has 1 saturated heterocycles. The Morgan fingerprint density at radius 2 is 2.00 bits per heavy atom. The van der Waals surface area contributed by atoms with Gasteiger partial charge in [-0.1, -0.05) is 19.8 Å². The third kappa shape index (κ3) is 2.06. The number of Topliss-reactive ketones (excluding diaryl/α,β-unsaturated/α-hetero) is 1. The van der Waals surface area contributed by atoms with E-state index in [0.717, 1.165) is 24.2 Å². The molecule has 0 unspecified atom stereocenters. The van der Waals surface area contributed by atoms with Crippen molar-refractivity contribution in [3.8, 4) is 0 Å². The van der Waals surface area contributed by atoms with E-state index in [1.54, 1.807) is 0 Å². The van der Waals surface area contributed by atoms with Gasteiger partial charge < -0.3 is 5.32 Å². The predicted molar refractivity (Wildman–Crippen MR) is 61.4 cm³/mol. The van der Waals surface area contributed by atoms with Crippen LogP contribution in [0.1, 0.15) is 45.4 Å². The van der Waals surface area contributed by atoms with Crippen LogP contribution in [-0.4, -0.2) is 34.7 Å². The van der Waals surface area contributed by atoms with Crippen molar-refractivity contribution in [2.45, 2.75) is 51.0 Å². The second-order valence-electron chi connectivity index (χ2n) is 4.90. The van der Waals surface area contributed by atoms with Crippen molar-refractivity contribution in [1.29, 1.82) is 0 Å². The lowest BCUT2D eigenvalue weighted by atomic mass is 9.98. The Hall–Kier alpha value is -1.39. The number of nitrogens with zero attached hydrogens (tertiary/aromatic N) is 1. The Morgan fingerprint density at radius 3 is 2.59 bits per heavy atom. The summed E-state index contributed by atoms with van der Waals surface area (Å²) in [6.07, 6.45) is 4.50. The van der Waals surface area contributed by atoms with Crippen molar-refractivity contribution in [2.75, 3.05) is 6.54 Å². The van der Waals surface area contributed by atoms with Gasteiger partial charge in [0, 0.05) is 6.42 Å². The second kappa shape index (κ2) is 4.47. The Bertz CT molecular complexity index is 359. The molecule has 2 rings (SSSR count). The van der Waals surface area contributed by atoms with Gasteiger partial charge in [0.05, 0.1) is 6.54 Å². The van der Waals surface area contributed by atoms with Gasteiger partial charge in [-0.3, -0.25) is 14.5 Å². The molecule has 0 atom stereocenters. The minimum atomic E-state index is -0.691. The Balaban J connectivity index is 2.06. The summed E-state index contributed by atoms with van der Waals surface area (Å²) in [6, 6.07) is -0.402. The first kappa shape index (κ1) is 12.1. The first-order valence-corrected chi connectivity index (χ1v) is 6.25. The number of rotatable bonds is 4. The van der Waals surface area contributed by atoms with Crippen LogP contribution in [0.25, 0.3) is 0 Å². The molecular weight excluding hydrogens is 220 g/mol. The van der Waals surface area contributed by atoms with Crippen molar-refractivity contribution in [2.24, 2.45) is 0 Å². The number of amides is 3. The first-order valence-electron chi connectivity index (χ1n) is 6.25. The monoisotopic (exact) mass is 238 g/mol. The van der Waals surface area contributed by atoms with Gasteiger partial charge in [-0.05, 0) is 19.3 Å². The van der Waals surface area contributed by atoms with Crippen LogP contribution < -0.4 is 5.32 Å². The van der Waals surface area contributed by atoms with Crippen molar-refractivity contribution in [3.63, 3.8) is 0 Å². The number of imide groups is 1. The summed E-state index contributed by atoms with van der Waals surface area (Å²) in [5.74, 6) is -0.254. The summed E-state index contributed by atoms with van der Waals surface area (Å²) in [7, 11) is 0. The molecule has 5 heteroatoms. The number of urea groups is 1. The van der Waals surface area contributed by atoms with Gasteiger partial charge in [0.2, 0.25) is 0 Å². The zero-order valence-electron chi connectivity index (χ0n) is 10.1. The van der Waals surface area contributed by atoms with Crippen LogP contribution in [0.3, 0.4) is 0 Å². The van der Waals surface area contributed by atoms with Crippen molar-refractivity contribution >= 4 is 17.7 Å². The van der Waals surface area contributed by atoms with Crippen LogP contribution in [0.4, 0.5) is 4.79 Å². The fourth-order valence-electron chi connectivity index (χ4n) is 2.67. The highest BCUT2D eigenvalue weighted by atomic mass is 16.2. The quantitative estimate of drug-likeness (QED) is 0.749. The highest BCUT2D eigenvalue weighted by Crippen LogP contribution is 2.34. The molecule has 17 heavy (non-hydrogen) atoms. The number of ketones is 1. The highest BCUT2D eigenvalue weighted by molar-refractivity contribution is 6.09. The molecule has 2 aliphatic rings. The van der Waals surface area contributed by atoms with E-state index in [1.165, 1.54) is 0 Å². The maximum absolute atomic E-state index is 12.2. The topological polar surface area (TPSA) is 66.5 Å². The molecule has 1 aliphatic heterocycles. The number of carbonyl (C=O) groups is 3. The van der Waals surface area contributed by atoms with Crippen molar-refractivity contribution in [1.82, 2.24) is 10.2 Å². The maximum Gasteiger partial charge on any atom is 0.325 e. The van der Waals surface area contributed by atoms with Crippen LogP contribution in [0, 0.1) is 0 Å². The van der Waals surface area contributed by atoms with E-state index >= 15 is 0 Å². The van der Waals surface area contributed by atoms with Gasteiger partial charge >= 0.3 is 6.03 Å². The van der Waals surface area contributed by atoms with Crippen LogP contribution in [0.2, 0.25) is 0 Å². The molecule has 1 heterocycles. The van der Waals surface area contributed by atoms with Gasteiger partial charge in [-0.2, -0.15) is 0 Å². The van der Waals surface area contributed by atoms with Crippen molar-refractivity contribution < 1.29 is 14.4 Å².